The number of nitrogens with zero attached hydrogens (tertiary/aromatic N) is 1. The van der Waals surface area contributed by atoms with Gasteiger partial charge in [0.05, 0.1) is 7.11 Å². The summed E-state index contributed by atoms with van der Waals surface area (Å²) in [7, 11) is -0.539. The lowest BCUT2D eigenvalue weighted by Crippen LogP contribution is -2.46. The van der Waals surface area contributed by atoms with E-state index in [1.165, 1.54) is 23.5 Å². The van der Waals surface area contributed by atoms with Crippen LogP contribution < -0.4 is 10.1 Å². The third-order valence-electron chi connectivity index (χ3n) is 3.57. The van der Waals surface area contributed by atoms with E-state index in [1.807, 2.05) is 0 Å². The Morgan fingerprint density at radius 2 is 2.20 bits per heavy atom. The highest BCUT2D eigenvalue weighted by molar-refractivity contribution is 7.89. The molecule has 1 fully saturated rings. The quantitative estimate of drug-likeness (QED) is 0.918. The molecule has 7 heteroatoms. The molecule has 2 rings (SSSR count). The third kappa shape index (κ3) is 3.09. The number of ether oxygens (including phenoxy) is 1. The van der Waals surface area contributed by atoms with Gasteiger partial charge in [0.2, 0.25) is 10.0 Å². The summed E-state index contributed by atoms with van der Waals surface area (Å²) in [4.78, 5) is 0.150. The van der Waals surface area contributed by atoms with Crippen LogP contribution in [0.3, 0.4) is 0 Å². The molecule has 0 aliphatic carbocycles. The van der Waals surface area contributed by atoms with Crippen molar-refractivity contribution in [3.8, 4) is 5.75 Å². The Labute approximate surface area is 124 Å². The smallest absolute Gasteiger partial charge is 0.246 e. The van der Waals surface area contributed by atoms with E-state index >= 15 is 0 Å². The van der Waals surface area contributed by atoms with Gasteiger partial charge in [-0.05, 0) is 31.5 Å². The van der Waals surface area contributed by atoms with E-state index in [1.54, 1.807) is 13.1 Å². The Bertz CT molecular complexity index is 571. The monoisotopic (exact) mass is 318 g/mol. The molecule has 1 aromatic carbocycles. The maximum absolute atomic E-state index is 12.7. The number of methoxy groups -OCH3 is 1. The van der Waals surface area contributed by atoms with E-state index in [-0.39, 0.29) is 16.7 Å². The first-order chi connectivity index (χ1) is 9.46. The van der Waals surface area contributed by atoms with Gasteiger partial charge in [0, 0.05) is 30.7 Å². The molecule has 0 radical (unpaired) electrons. The van der Waals surface area contributed by atoms with Crippen molar-refractivity contribution < 1.29 is 13.2 Å². The molecule has 0 spiro atoms. The van der Waals surface area contributed by atoms with Gasteiger partial charge in [-0.15, -0.1) is 0 Å². The molecule has 1 aromatic rings. The highest BCUT2D eigenvalue weighted by atomic mass is 35.5. The zero-order chi connectivity index (χ0) is 14.8. The molecule has 1 aliphatic rings. The van der Waals surface area contributed by atoms with Gasteiger partial charge in [-0.1, -0.05) is 11.6 Å². The molecule has 20 heavy (non-hydrogen) atoms. The Kier molecular flexibility index (Phi) is 4.90. The molecule has 1 N–H and O–H groups in total. The lowest BCUT2D eigenvalue weighted by Gasteiger charge is -2.31. The molecule has 1 saturated heterocycles. The summed E-state index contributed by atoms with van der Waals surface area (Å²) in [6, 6.07) is 4.53. The van der Waals surface area contributed by atoms with Crippen molar-refractivity contribution in [2.24, 2.45) is 0 Å². The predicted molar refractivity (Wildman–Crippen MR) is 78.8 cm³/mol. The fourth-order valence-electron chi connectivity index (χ4n) is 2.35. The summed E-state index contributed by atoms with van der Waals surface area (Å²) in [5.74, 6) is 0.271. The van der Waals surface area contributed by atoms with E-state index in [2.05, 4.69) is 5.32 Å². The second-order valence-corrected chi connectivity index (χ2v) is 7.22. The van der Waals surface area contributed by atoms with Gasteiger partial charge in [-0.2, -0.15) is 4.31 Å². The molecule has 0 bridgehead atoms. The number of nitrogens with one attached hydrogen (secondary N) is 1. The first-order valence-electron chi connectivity index (χ1n) is 6.49. The van der Waals surface area contributed by atoms with Gasteiger partial charge in [-0.25, -0.2) is 8.42 Å². The number of piperidine rings is 1. The van der Waals surface area contributed by atoms with Crippen LogP contribution in [0.5, 0.6) is 5.75 Å². The van der Waals surface area contributed by atoms with Crippen molar-refractivity contribution >= 4 is 21.6 Å². The molecule has 0 aromatic heterocycles. The molecule has 0 saturated carbocycles. The maximum Gasteiger partial charge on any atom is 0.246 e. The van der Waals surface area contributed by atoms with Crippen molar-refractivity contribution in [3.63, 3.8) is 0 Å². The molecular weight excluding hydrogens is 300 g/mol. The second kappa shape index (κ2) is 6.30. The first kappa shape index (κ1) is 15.6. The van der Waals surface area contributed by atoms with Crippen LogP contribution in [0.4, 0.5) is 0 Å². The fourth-order valence-corrected chi connectivity index (χ4v) is 4.03. The molecule has 1 atom stereocenters. The van der Waals surface area contributed by atoms with Gasteiger partial charge in [0.1, 0.15) is 10.6 Å². The number of benzene rings is 1. The third-order valence-corrected chi connectivity index (χ3v) is 5.75. The topological polar surface area (TPSA) is 58.6 Å². The van der Waals surface area contributed by atoms with Crippen LogP contribution in [0.15, 0.2) is 23.1 Å². The van der Waals surface area contributed by atoms with Crippen molar-refractivity contribution in [1.82, 2.24) is 9.62 Å². The van der Waals surface area contributed by atoms with E-state index in [0.717, 1.165) is 19.4 Å². The Hall–Kier alpha value is -0.820. The van der Waals surface area contributed by atoms with Crippen LogP contribution in [0.2, 0.25) is 5.02 Å². The van der Waals surface area contributed by atoms with Crippen LogP contribution in [-0.4, -0.2) is 46.0 Å². The lowest BCUT2D eigenvalue weighted by molar-refractivity contribution is 0.298. The Balaban J connectivity index is 2.34. The second-order valence-electron chi connectivity index (χ2n) is 4.82. The average Bonchev–Trinajstić information content (AvgIpc) is 2.46. The van der Waals surface area contributed by atoms with Crippen LogP contribution >= 0.6 is 11.6 Å². The van der Waals surface area contributed by atoms with Crippen LogP contribution in [0.1, 0.15) is 12.8 Å². The number of likely N-dealkylation sites (N-methyl/N-ethyl adjacent to an activating group) is 1. The number of rotatable bonds is 4. The Morgan fingerprint density at radius 3 is 2.80 bits per heavy atom. The van der Waals surface area contributed by atoms with E-state index in [0.29, 0.717) is 11.6 Å². The number of hydrogen-bond acceptors (Lipinski definition) is 4. The minimum atomic E-state index is -3.59. The normalized spacial score (nSPS) is 20.1. The predicted octanol–water partition coefficient (Wildman–Crippen LogP) is 1.72. The number of hydrogen-bond donors (Lipinski definition) is 1. The van der Waals surface area contributed by atoms with Crippen molar-refractivity contribution in [1.29, 1.82) is 0 Å². The number of sulfonamides is 1. The van der Waals surface area contributed by atoms with Gasteiger partial charge in [0.15, 0.2) is 0 Å². The summed E-state index contributed by atoms with van der Waals surface area (Å²) >= 11 is 5.88. The van der Waals surface area contributed by atoms with Crippen LogP contribution in [0.25, 0.3) is 0 Å². The zero-order valence-corrected chi connectivity index (χ0v) is 13.2. The SMILES string of the molecule is COc1cc(Cl)ccc1S(=O)(=O)N(C)C1CCCNC1. The average molecular weight is 319 g/mol. The summed E-state index contributed by atoms with van der Waals surface area (Å²) in [5, 5.41) is 3.67. The lowest BCUT2D eigenvalue weighted by atomic mass is 10.1. The molecule has 112 valence electrons. The summed E-state index contributed by atoms with van der Waals surface area (Å²) in [6.07, 6.45) is 1.83. The van der Waals surface area contributed by atoms with E-state index < -0.39 is 10.0 Å². The molecule has 1 heterocycles. The minimum absolute atomic E-state index is 0.0332. The van der Waals surface area contributed by atoms with Gasteiger partial charge < -0.3 is 10.1 Å². The zero-order valence-electron chi connectivity index (χ0n) is 11.6. The summed E-state index contributed by atoms with van der Waals surface area (Å²) in [5.41, 5.74) is 0. The highest BCUT2D eigenvalue weighted by Crippen LogP contribution is 2.30. The fraction of sp³-hybridized carbons (Fsp3) is 0.538. The van der Waals surface area contributed by atoms with Crippen molar-refractivity contribution in [3.05, 3.63) is 23.2 Å². The molecule has 0 amide bonds. The van der Waals surface area contributed by atoms with Crippen molar-refractivity contribution in [2.45, 2.75) is 23.8 Å². The van der Waals surface area contributed by atoms with Gasteiger partial charge in [-0.3, -0.25) is 0 Å². The van der Waals surface area contributed by atoms with Crippen LogP contribution in [0, 0.1) is 0 Å². The molecule has 5 nitrogen and oxygen atoms in total. The van der Waals surface area contributed by atoms with Crippen LogP contribution in [-0.2, 0) is 10.0 Å². The minimum Gasteiger partial charge on any atom is -0.495 e. The highest BCUT2D eigenvalue weighted by Gasteiger charge is 2.31. The van der Waals surface area contributed by atoms with E-state index in [9.17, 15) is 8.42 Å². The summed E-state index contributed by atoms with van der Waals surface area (Å²) < 4.78 is 32.0. The largest absolute Gasteiger partial charge is 0.495 e. The standard InChI is InChI=1S/C13H19ClN2O3S/c1-16(11-4-3-7-15-9-11)20(17,18)13-6-5-10(14)8-12(13)19-2/h5-6,8,11,15H,3-4,7,9H2,1-2H3. The van der Waals surface area contributed by atoms with Gasteiger partial charge >= 0.3 is 0 Å². The molecule has 1 aliphatic heterocycles. The summed E-state index contributed by atoms with van der Waals surface area (Å²) in [6.45, 7) is 1.61. The first-order valence-corrected chi connectivity index (χ1v) is 8.31. The van der Waals surface area contributed by atoms with Gasteiger partial charge in [0.25, 0.3) is 0 Å². The molecule has 1 unspecified atom stereocenters. The van der Waals surface area contributed by atoms with Crippen molar-refractivity contribution in [2.75, 3.05) is 27.2 Å². The van der Waals surface area contributed by atoms with E-state index in [4.69, 9.17) is 16.3 Å². The maximum atomic E-state index is 12.7. The number of halogens is 1. The molecular formula is C13H19ClN2O3S. The Morgan fingerprint density at radius 1 is 1.45 bits per heavy atom.